The average Bonchev–Trinajstić information content (AvgIpc) is 3.22. The maximum absolute atomic E-state index is 13.8. The van der Waals surface area contributed by atoms with Crippen LogP contribution in [0, 0.1) is 13.8 Å². The summed E-state index contributed by atoms with van der Waals surface area (Å²) in [6.45, 7) is 15.4. The number of hydrogen-bond acceptors (Lipinski definition) is 7. The smallest absolute Gasteiger partial charge is 0.316 e. The topological polar surface area (TPSA) is 108 Å². The molecule has 0 saturated carbocycles. The van der Waals surface area contributed by atoms with Crippen LogP contribution in [0.15, 0.2) is 54.6 Å². The fraction of sp³-hybridized carbons (Fsp3) is 0.406. The van der Waals surface area contributed by atoms with Crippen molar-refractivity contribution in [1.82, 2.24) is 19.7 Å². The maximum atomic E-state index is 13.8. The van der Waals surface area contributed by atoms with Gasteiger partial charge < -0.3 is 10.2 Å². The lowest BCUT2D eigenvalue weighted by Gasteiger charge is -2.31. The highest BCUT2D eigenvalue weighted by Crippen LogP contribution is 2.55. The van der Waals surface area contributed by atoms with Gasteiger partial charge >= 0.3 is 13.9 Å². The number of aromatic nitrogens is 3. The van der Waals surface area contributed by atoms with E-state index in [1.165, 1.54) is 0 Å². The molecule has 2 aromatic carbocycles. The Balaban J connectivity index is 1.56. The Kier molecular flexibility index (Phi) is 8.26. The van der Waals surface area contributed by atoms with Crippen LogP contribution >= 0.6 is 7.82 Å². The molecule has 0 atom stereocenters. The van der Waals surface area contributed by atoms with Crippen LogP contribution in [0.4, 0.5) is 10.5 Å². The molecule has 228 valence electrons. The van der Waals surface area contributed by atoms with Crippen molar-refractivity contribution < 1.29 is 22.9 Å². The van der Waals surface area contributed by atoms with Crippen molar-refractivity contribution in [3.05, 3.63) is 77.1 Å². The molecule has 1 N–H and O–H groups in total. The molecule has 2 amide bonds. The molecule has 43 heavy (non-hydrogen) atoms. The molecular formula is C32H40N5O5P. The number of carbonyl (C=O) groups is 1. The van der Waals surface area contributed by atoms with E-state index in [-0.39, 0.29) is 12.8 Å². The van der Waals surface area contributed by atoms with Gasteiger partial charge in [0.25, 0.3) is 0 Å². The van der Waals surface area contributed by atoms with E-state index in [0.29, 0.717) is 24.3 Å². The van der Waals surface area contributed by atoms with Gasteiger partial charge in [-0.3, -0.25) is 18.6 Å². The van der Waals surface area contributed by atoms with Gasteiger partial charge in [0.2, 0.25) is 0 Å². The Morgan fingerprint density at radius 3 is 2.16 bits per heavy atom. The molecule has 3 heterocycles. The molecule has 10 nitrogen and oxygen atoms in total. The quantitative estimate of drug-likeness (QED) is 0.203. The second-order valence-corrected chi connectivity index (χ2v) is 14.4. The lowest BCUT2D eigenvalue weighted by Crippen LogP contribution is -2.38. The maximum Gasteiger partial charge on any atom is 0.477 e. The number of benzene rings is 2. The lowest BCUT2D eigenvalue weighted by molar-refractivity contribution is -0.00700. The molecule has 1 aliphatic rings. The van der Waals surface area contributed by atoms with Crippen molar-refractivity contribution in [1.29, 1.82) is 0 Å². The Morgan fingerprint density at radius 2 is 1.56 bits per heavy atom. The van der Waals surface area contributed by atoms with Crippen molar-refractivity contribution in [3.8, 4) is 11.3 Å². The van der Waals surface area contributed by atoms with E-state index in [0.717, 1.165) is 39.2 Å². The number of carbonyl (C=O) groups excluding carboxylic acids is 1. The molecule has 5 rings (SSSR count). The van der Waals surface area contributed by atoms with E-state index in [2.05, 4.69) is 16.4 Å². The number of anilines is 1. The standard InChI is InChI=1S/C32H40N5O5P/c1-21-14-24(15-22(2)33-21)29-26-16-25-19-36(18-23-12-10-9-11-13-23)30(38)34-27(25)17-28(26)37(35-29)20-40-43(39,41-31(3,4)5)42-32(6,7)8/h9-17H,18-20H2,1-8H3,(H,34,38). The van der Waals surface area contributed by atoms with Gasteiger partial charge in [-0.2, -0.15) is 5.10 Å². The second-order valence-electron chi connectivity index (χ2n) is 12.9. The highest BCUT2D eigenvalue weighted by atomic mass is 31.2. The summed E-state index contributed by atoms with van der Waals surface area (Å²) >= 11 is 0. The molecular weight excluding hydrogens is 565 g/mol. The SMILES string of the molecule is Cc1cc(-c2nn(COP(=O)(OC(C)(C)C)OC(C)(C)C)c3cc4c(cc23)CN(Cc2ccccc2)C(=O)N4)cc(C)n1. The van der Waals surface area contributed by atoms with Crippen LogP contribution in [0.25, 0.3) is 22.2 Å². The number of pyridine rings is 1. The number of fused-ring (bicyclic) bond motifs is 2. The number of amides is 2. The van der Waals surface area contributed by atoms with Crippen LogP contribution < -0.4 is 5.32 Å². The monoisotopic (exact) mass is 605 g/mol. The first-order chi connectivity index (χ1) is 20.1. The van der Waals surface area contributed by atoms with E-state index >= 15 is 0 Å². The first-order valence-corrected chi connectivity index (χ1v) is 15.8. The Hall–Kier alpha value is -3.56. The van der Waals surface area contributed by atoms with Crippen LogP contribution in [0.1, 0.15) is 64.1 Å². The predicted octanol–water partition coefficient (Wildman–Crippen LogP) is 7.98. The normalized spacial score (nSPS) is 14.2. The molecule has 4 aromatic rings. The van der Waals surface area contributed by atoms with Crippen LogP contribution in [0.3, 0.4) is 0 Å². The molecule has 0 unspecified atom stereocenters. The zero-order valence-electron chi connectivity index (χ0n) is 26.1. The summed E-state index contributed by atoms with van der Waals surface area (Å²) in [7, 11) is -4.01. The minimum Gasteiger partial charge on any atom is -0.316 e. The van der Waals surface area contributed by atoms with Gasteiger partial charge in [-0.1, -0.05) is 30.3 Å². The highest BCUT2D eigenvalue weighted by Gasteiger charge is 2.37. The zero-order valence-corrected chi connectivity index (χ0v) is 27.0. The number of phosphoric ester groups is 1. The molecule has 0 bridgehead atoms. The summed E-state index contributed by atoms with van der Waals surface area (Å²) in [5.74, 6) is 0. The third-order valence-electron chi connectivity index (χ3n) is 6.55. The van der Waals surface area contributed by atoms with E-state index in [4.69, 9.17) is 18.7 Å². The van der Waals surface area contributed by atoms with Gasteiger partial charge in [-0.15, -0.1) is 0 Å². The summed E-state index contributed by atoms with van der Waals surface area (Å²) in [6, 6.07) is 17.6. The number of aryl methyl sites for hydroxylation is 2. The number of rotatable bonds is 8. The van der Waals surface area contributed by atoms with Crippen LogP contribution in [0.5, 0.6) is 0 Å². The predicted molar refractivity (Wildman–Crippen MR) is 168 cm³/mol. The van der Waals surface area contributed by atoms with E-state index in [1.54, 1.807) is 51.1 Å². The van der Waals surface area contributed by atoms with Crippen molar-refractivity contribution in [2.75, 3.05) is 5.32 Å². The fourth-order valence-corrected chi connectivity index (χ4v) is 6.80. The van der Waals surface area contributed by atoms with Gasteiger partial charge in [0.05, 0.1) is 16.7 Å². The molecule has 2 aromatic heterocycles. The van der Waals surface area contributed by atoms with E-state index in [9.17, 15) is 9.36 Å². The summed E-state index contributed by atoms with van der Waals surface area (Å²) < 4.78 is 33.0. The van der Waals surface area contributed by atoms with Gasteiger partial charge in [-0.05, 0) is 90.8 Å². The van der Waals surface area contributed by atoms with Gasteiger partial charge in [0, 0.05) is 41.1 Å². The highest BCUT2D eigenvalue weighted by molar-refractivity contribution is 7.48. The molecule has 11 heteroatoms. The second kappa shape index (κ2) is 11.5. The number of nitrogens with one attached hydrogen (secondary N) is 1. The summed E-state index contributed by atoms with van der Waals surface area (Å²) in [5, 5.41) is 8.83. The molecule has 0 aliphatic carbocycles. The summed E-state index contributed by atoms with van der Waals surface area (Å²) in [5.41, 5.74) is 5.22. The molecule has 0 radical (unpaired) electrons. The van der Waals surface area contributed by atoms with Crippen LogP contribution in [0.2, 0.25) is 0 Å². The van der Waals surface area contributed by atoms with Crippen molar-refractivity contribution >= 4 is 30.4 Å². The number of nitrogens with zero attached hydrogens (tertiary/aromatic N) is 4. The van der Waals surface area contributed by atoms with Crippen molar-refractivity contribution in [3.63, 3.8) is 0 Å². The zero-order chi connectivity index (χ0) is 31.2. The number of urea groups is 1. The van der Waals surface area contributed by atoms with E-state index in [1.807, 2.05) is 62.4 Å². The third-order valence-corrected chi connectivity index (χ3v) is 8.52. The van der Waals surface area contributed by atoms with Crippen LogP contribution in [-0.2, 0) is 38.0 Å². The Morgan fingerprint density at radius 1 is 0.930 bits per heavy atom. The molecule has 0 saturated heterocycles. The van der Waals surface area contributed by atoms with Gasteiger partial charge in [0.15, 0.2) is 6.73 Å². The average molecular weight is 606 g/mol. The van der Waals surface area contributed by atoms with Gasteiger partial charge in [0.1, 0.15) is 5.69 Å². The summed E-state index contributed by atoms with van der Waals surface area (Å²) in [4.78, 5) is 19.4. The first kappa shape index (κ1) is 30.9. The van der Waals surface area contributed by atoms with E-state index < -0.39 is 19.0 Å². The van der Waals surface area contributed by atoms with Crippen molar-refractivity contribution in [2.45, 2.75) is 86.4 Å². The third kappa shape index (κ3) is 7.51. The fourth-order valence-electron chi connectivity index (χ4n) is 5.07. The largest absolute Gasteiger partial charge is 0.477 e. The van der Waals surface area contributed by atoms with Gasteiger partial charge in [-0.25, -0.2) is 14.0 Å². The Bertz CT molecular complexity index is 1670. The first-order valence-electron chi connectivity index (χ1n) is 14.3. The molecule has 1 aliphatic heterocycles. The number of hydrogen-bond donors (Lipinski definition) is 1. The van der Waals surface area contributed by atoms with Crippen molar-refractivity contribution in [2.24, 2.45) is 0 Å². The minimum atomic E-state index is -4.01. The Labute approximate surface area is 253 Å². The van der Waals surface area contributed by atoms with Crippen LogP contribution in [-0.4, -0.2) is 36.9 Å². The lowest BCUT2D eigenvalue weighted by atomic mass is 10.0. The minimum absolute atomic E-state index is 0.180. The molecule has 0 spiro atoms. The summed E-state index contributed by atoms with van der Waals surface area (Å²) in [6.07, 6.45) is 0. The number of phosphoric acid groups is 1. The molecule has 0 fully saturated rings.